The highest BCUT2D eigenvalue weighted by atomic mass is 35.5. The van der Waals surface area contributed by atoms with Gasteiger partial charge in [0.2, 0.25) is 5.88 Å². The van der Waals surface area contributed by atoms with E-state index in [1.54, 1.807) is 19.4 Å². The molecule has 0 bridgehead atoms. The molecule has 0 saturated heterocycles. The van der Waals surface area contributed by atoms with Gasteiger partial charge in [-0.05, 0) is 18.2 Å². The Balaban J connectivity index is 0.00000133. The normalized spacial score (nSPS) is 10.2. The quantitative estimate of drug-likeness (QED) is 0.784. The molecule has 0 aromatic carbocycles. The van der Waals surface area contributed by atoms with Gasteiger partial charge >= 0.3 is 0 Å². The van der Waals surface area contributed by atoms with E-state index in [-0.39, 0.29) is 18.2 Å². The van der Waals surface area contributed by atoms with Crippen LogP contribution < -0.4 is 4.74 Å². The van der Waals surface area contributed by atoms with Gasteiger partial charge in [-0.3, -0.25) is 0 Å². The summed E-state index contributed by atoms with van der Waals surface area (Å²) >= 11 is 0. The fraction of sp³-hybridized carbons (Fsp3) is 0.0769. The minimum absolute atomic E-state index is 0. The average molecular weight is 280 g/mol. The predicted molar refractivity (Wildman–Crippen MR) is 73.1 cm³/mol. The molecule has 0 spiro atoms. The Morgan fingerprint density at radius 3 is 2.84 bits per heavy atom. The molecule has 0 atom stereocenters. The van der Waals surface area contributed by atoms with Gasteiger partial charge < -0.3 is 9.72 Å². The van der Waals surface area contributed by atoms with Crippen LogP contribution in [0.3, 0.4) is 0 Å². The molecule has 3 rings (SSSR count). The molecule has 4 nitrogen and oxygen atoms in total. The Hall–Kier alpha value is -2.14. The number of aromatic nitrogens is 3. The second kappa shape index (κ2) is 5.24. The zero-order valence-corrected chi connectivity index (χ0v) is 10.9. The van der Waals surface area contributed by atoms with E-state index >= 15 is 0 Å². The minimum atomic E-state index is -0.347. The number of hydrogen-bond donors (Lipinski definition) is 1. The molecule has 3 aromatic rings. The molecule has 0 fully saturated rings. The van der Waals surface area contributed by atoms with Gasteiger partial charge in [0.05, 0.1) is 13.3 Å². The van der Waals surface area contributed by atoms with Crippen molar-refractivity contribution >= 4 is 23.4 Å². The summed E-state index contributed by atoms with van der Waals surface area (Å²) in [7, 11) is 1.56. The number of hydrogen-bond acceptors (Lipinski definition) is 3. The van der Waals surface area contributed by atoms with Crippen molar-refractivity contribution in [3.8, 4) is 17.1 Å². The molecule has 6 heteroatoms. The van der Waals surface area contributed by atoms with Crippen LogP contribution in [0.15, 0.2) is 36.7 Å². The van der Waals surface area contributed by atoms with E-state index in [1.165, 1.54) is 12.3 Å². The number of halogens is 2. The van der Waals surface area contributed by atoms with Gasteiger partial charge in [-0.25, -0.2) is 14.4 Å². The van der Waals surface area contributed by atoms with E-state index in [0.29, 0.717) is 11.5 Å². The van der Waals surface area contributed by atoms with Gasteiger partial charge in [0.15, 0.2) is 0 Å². The molecule has 0 aliphatic carbocycles. The van der Waals surface area contributed by atoms with Crippen LogP contribution in [-0.4, -0.2) is 22.1 Å². The summed E-state index contributed by atoms with van der Waals surface area (Å²) in [6.45, 7) is 0. The summed E-state index contributed by atoms with van der Waals surface area (Å²) in [4.78, 5) is 11.2. The van der Waals surface area contributed by atoms with Crippen LogP contribution >= 0.6 is 12.4 Å². The van der Waals surface area contributed by atoms with Crippen molar-refractivity contribution in [3.05, 3.63) is 42.5 Å². The summed E-state index contributed by atoms with van der Waals surface area (Å²) in [6, 6.07) is 6.95. The number of rotatable bonds is 2. The highest BCUT2D eigenvalue weighted by molar-refractivity contribution is 5.85. The van der Waals surface area contributed by atoms with Crippen LogP contribution in [0.25, 0.3) is 22.3 Å². The molecule has 0 aliphatic rings. The van der Waals surface area contributed by atoms with Crippen molar-refractivity contribution in [2.24, 2.45) is 0 Å². The predicted octanol–water partition coefficient (Wildman–Crippen LogP) is 3.19. The van der Waals surface area contributed by atoms with E-state index < -0.39 is 0 Å². The molecule has 0 aliphatic heterocycles. The molecule has 0 saturated carbocycles. The van der Waals surface area contributed by atoms with Crippen LogP contribution in [0.5, 0.6) is 5.88 Å². The first kappa shape index (κ1) is 13.3. The Morgan fingerprint density at radius 1 is 1.21 bits per heavy atom. The number of aromatic amines is 1. The third-order valence-corrected chi connectivity index (χ3v) is 2.69. The monoisotopic (exact) mass is 279 g/mol. The second-order valence-corrected chi connectivity index (χ2v) is 3.86. The van der Waals surface area contributed by atoms with Gasteiger partial charge in [0.1, 0.15) is 11.5 Å². The maximum Gasteiger partial charge on any atom is 0.213 e. The Kier molecular flexibility index (Phi) is 3.66. The van der Waals surface area contributed by atoms with Gasteiger partial charge in [-0.2, -0.15) is 0 Å². The van der Waals surface area contributed by atoms with Crippen LogP contribution in [0.1, 0.15) is 0 Å². The van der Waals surface area contributed by atoms with Gasteiger partial charge in [-0.1, -0.05) is 0 Å². The smallest absolute Gasteiger partial charge is 0.213 e. The Bertz CT molecular complexity index is 714. The lowest BCUT2D eigenvalue weighted by Crippen LogP contribution is -1.87. The summed E-state index contributed by atoms with van der Waals surface area (Å²) < 4.78 is 18.1. The average Bonchev–Trinajstić information content (AvgIpc) is 2.81. The van der Waals surface area contributed by atoms with E-state index in [9.17, 15) is 4.39 Å². The van der Waals surface area contributed by atoms with E-state index in [0.717, 1.165) is 16.6 Å². The fourth-order valence-electron chi connectivity index (χ4n) is 1.83. The maximum absolute atomic E-state index is 13.1. The molecule has 19 heavy (non-hydrogen) atoms. The lowest BCUT2D eigenvalue weighted by molar-refractivity contribution is 0.398. The largest absolute Gasteiger partial charge is 0.481 e. The van der Waals surface area contributed by atoms with Crippen molar-refractivity contribution in [1.29, 1.82) is 0 Å². The first-order valence-electron chi connectivity index (χ1n) is 5.41. The minimum Gasteiger partial charge on any atom is -0.481 e. The molecule has 0 amide bonds. The van der Waals surface area contributed by atoms with Crippen molar-refractivity contribution in [3.63, 3.8) is 0 Å². The third-order valence-electron chi connectivity index (χ3n) is 2.69. The number of nitrogens with one attached hydrogen (secondary N) is 1. The van der Waals surface area contributed by atoms with Gasteiger partial charge in [0.25, 0.3) is 0 Å². The summed E-state index contributed by atoms with van der Waals surface area (Å²) in [6.07, 6.45) is 2.85. The van der Waals surface area contributed by atoms with Crippen LogP contribution in [0, 0.1) is 5.82 Å². The van der Waals surface area contributed by atoms with Crippen LogP contribution in [0.2, 0.25) is 0 Å². The number of ether oxygens (including phenoxy) is 1. The topological polar surface area (TPSA) is 50.8 Å². The number of methoxy groups -OCH3 is 1. The molecular weight excluding hydrogens is 269 g/mol. The summed E-state index contributed by atoms with van der Waals surface area (Å²) in [5.41, 5.74) is 2.42. The molecular formula is C13H11ClFN3O. The zero-order valence-electron chi connectivity index (χ0n) is 10.1. The third kappa shape index (κ3) is 2.51. The molecule has 3 heterocycles. The van der Waals surface area contributed by atoms with E-state index in [4.69, 9.17) is 4.74 Å². The number of pyridine rings is 2. The van der Waals surface area contributed by atoms with Crippen molar-refractivity contribution in [1.82, 2.24) is 15.0 Å². The lowest BCUT2D eigenvalue weighted by atomic mass is 10.2. The molecule has 1 N–H and O–H groups in total. The van der Waals surface area contributed by atoms with Crippen molar-refractivity contribution in [2.45, 2.75) is 0 Å². The summed E-state index contributed by atoms with van der Waals surface area (Å²) in [5, 5.41) is 0.737. The zero-order chi connectivity index (χ0) is 12.5. The molecule has 0 unspecified atom stereocenters. The fourth-order valence-corrected chi connectivity index (χ4v) is 1.83. The number of nitrogens with zero attached hydrogens (tertiary/aromatic N) is 2. The van der Waals surface area contributed by atoms with E-state index in [2.05, 4.69) is 15.0 Å². The van der Waals surface area contributed by atoms with Crippen molar-refractivity contribution < 1.29 is 9.13 Å². The highest BCUT2D eigenvalue weighted by Gasteiger charge is 2.06. The molecule has 3 aromatic heterocycles. The highest BCUT2D eigenvalue weighted by Crippen LogP contribution is 2.25. The maximum atomic E-state index is 13.1. The lowest BCUT2D eigenvalue weighted by Gasteiger charge is -2.00. The SMILES string of the molecule is COc1cc(-c2cc3cc(F)cnc3[nH]2)ccn1.Cl. The van der Waals surface area contributed by atoms with Gasteiger partial charge in [0, 0.05) is 28.9 Å². The Morgan fingerprint density at radius 2 is 2.05 bits per heavy atom. The number of H-pyrrole nitrogens is 1. The van der Waals surface area contributed by atoms with Gasteiger partial charge in [-0.15, -0.1) is 12.4 Å². The van der Waals surface area contributed by atoms with E-state index in [1.807, 2.05) is 12.1 Å². The first-order chi connectivity index (χ1) is 8.76. The van der Waals surface area contributed by atoms with Crippen LogP contribution in [-0.2, 0) is 0 Å². The van der Waals surface area contributed by atoms with Crippen LogP contribution in [0.4, 0.5) is 4.39 Å². The standard InChI is InChI=1S/C13H10FN3O.ClH/c1-18-12-6-8(2-3-15-12)11-5-9-4-10(14)7-16-13(9)17-11;/h2-7H,1H3,(H,16,17);1H. The second-order valence-electron chi connectivity index (χ2n) is 3.86. The molecule has 0 radical (unpaired) electrons. The van der Waals surface area contributed by atoms with Crippen molar-refractivity contribution in [2.75, 3.05) is 7.11 Å². The molecule has 98 valence electrons. The number of fused-ring (bicyclic) bond motifs is 1. The summed E-state index contributed by atoms with van der Waals surface area (Å²) in [5.74, 6) is 0.186. The first-order valence-corrected chi connectivity index (χ1v) is 5.41. The Labute approximate surface area is 115 Å².